The standard InChI is InChI=1S/C17H14ClN3O3S/c18-11-5-6-20-14(8-11)13(19)9-24-12-3-1-10(2-4-12)7-15-16(22)21-17(23)25-15/h1-6,8,19,22H,7,9H2,(H,21,23). The zero-order valence-corrected chi connectivity index (χ0v) is 14.5. The fourth-order valence-corrected chi connectivity index (χ4v) is 3.08. The highest BCUT2D eigenvalue weighted by Gasteiger charge is 2.08. The molecule has 0 spiro atoms. The summed E-state index contributed by atoms with van der Waals surface area (Å²) < 4.78 is 5.58. The number of ether oxygens (including phenoxy) is 1. The molecule has 2 heterocycles. The van der Waals surface area contributed by atoms with Gasteiger partial charge in [0.25, 0.3) is 0 Å². The van der Waals surface area contributed by atoms with Crippen molar-refractivity contribution < 1.29 is 9.84 Å². The van der Waals surface area contributed by atoms with Gasteiger partial charge in [-0.3, -0.25) is 20.2 Å². The molecule has 128 valence electrons. The van der Waals surface area contributed by atoms with Crippen LogP contribution in [0.15, 0.2) is 47.4 Å². The van der Waals surface area contributed by atoms with Gasteiger partial charge in [-0.05, 0) is 29.8 Å². The molecular formula is C17H14ClN3O3S. The van der Waals surface area contributed by atoms with Gasteiger partial charge in [-0.1, -0.05) is 35.1 Å². The molecule has 0 aliphatic heterocycles. The van der Waals surface area contributed by atoms with Gasteiger partial charge in [0, 0.05) is 17.6 Å². The Kier molecular flexibility index (Phi) is 5.16. The van der Waals surface area contributed by atoms with Crippen LogP contribution < -0.4 is 9.61 Å². The molecule has 25 heavy (non-hydrogen) atoms. The summed E-state index contributed by atoms with van der Waals surface area (Å²) in [6.07, 6.45) is 2.00. The van der Waals surface area contributed by atoms with Crippen LogP contribution in [0.3, 0.4) is 0 Å². The van der Waals surface area contributed by atoms with E-state index in [9.17, 15) is 9.90 Å². The number of halogens is 1. The second kappa shape index (κ2) is 7.50. The van der Waals surface area contributed by atoms with Crippen LogP contribution in [0.5, 0.6) is 11.6 Å². The number of thiazole rings is 1. The molecule has 0 saturated heterocycles. The van der Waals surface area contributed by atoms with Crippen molar-refractivity contribution in [2.75, 3.05) is 6.61 Å². The summed E-state index contributed by atoms with van der Waals surface area (Å²) in [7, 11) is 0. The van der Waals surface area contributed by atoms with Gasteiger partial charge in [-0.15, -0.1) is 0 Å². The number of aromatic hydroxyl groups is 1. The molecule has 0 bridgehead atoms. The number of hydrogen-bond donors (Lipinski definition) is 3. The normalized spacial score (nSPS) is 10.6. The summed E-state index contributed by atoms with van der Waals surface area (Å²) in [4.78, 5) is 17.9. The summed E-state index contributed by atoms with van der Waals surface area (Å²) >= 11 is 6.87. The molecule has 0 aliphatic rings. The molecule has 0 radical (unpaired) electrons. The molecular weight excluding hydrogens is 362 g/mol. The number of rotatable bonds is 6. The fourth-order valence-electron chi connectivity index (χ4n) is 2.16. The van der Waals surface area contributed by atoms with E-state index in [4.69, 9.17) is 21.7 Å². The molecule has 0 unspecified atom stereocenters. The molecule has 0 saturated carbocycles. The van der Waals surface area contributed by atoms with Crippen molar-refractivity contribution >= 4 is 28.6 Å². The van der Waals surface area contributed by atoms with E-state index in [2.05, 4.69) is 9.97 Å². The van der Waals surface area contributed by atoms with E-state index in [1.54, 1.807) is 30.5 Å². The molecule has 3 aromatic rings. The lowest BCUT2D eigenvalue weighted by molar-refractivity contribution is 0.376. The van der Waals surface area contributed by atoms with Crippen LogP contribution in [-0.4, -0.2) is 27.4 Å². The zero-order chi connectivity index (χ0) is 17.8. The molecule has 1 aromatic carbocycles. The van der Waals surface area contributed by atoms with Crippen LogP contribution >= 0.6 is 22.9 Å². The van der Waals surface area contributed by atoms with Crippen molar-refractivity contribution in [2.45, 2.75) is 6.42 Å². The molecule has 6 nitrogen and oxygen atoms in total. The predicted octanol–water partition coefficient (Wildman–Crippen LogP) is 3.23. The van der Waals surface area contributed by atoms with Crippen molar-refractivity contribution in [3.05, 3.63) is 73.4 Å². The van der Waals surface area contributed by atoms with E-state index in [0.29, 0.717) is 27.8 Å². The average Bonchev–Trinajstić information content (AvgIpc) is 2.91. The lowest BCUT2D eigenvalue weighted by atomic mass is 10.1. The summed E-state index contributed by atoms with van der Waals surface area (Å²) in [6, 6.07) is 10.5. The number of pyridine rings is 1. The molecule has 3 rings (SSSR count). The first-order valence-electron chi connectivity index (χ1n) is 7.33. The lowest BCUT2D eigenvalue weighted by Gasteiger charge is -2.08. The summed E-state index contributed by atoms with van der Waals surface area (Å²) in [5.41, 5.74) is 1.64. The Bertz CT molecular complexity index is 950. The van der Waals surface area contributed by atoms with Gasteiger partial charge < -0.3 is 9.84 Å². The molecule has 0 fully saturated rings. The Morgan fingerprint density at radius 1 is 1.32 bits per heavy atom. The maximum atomic E-state index is 11.2. The van der Waals surface area contributed by atoms with E-state index in [1.807, 2.05) is 12.1 Å². The Morgan fingerprint density at radius 3 is 2.72 bits per heavy atom. The van der Waals surface area contributed by atoms with Crippen molar-refractivity contribution in [3.63, 3.8) is 0 Å². The van der Waals surface area contributed by atoms with Crippen molar-refractivity contribution in [2.24, 2.45) is 0 Å². The smallest absolute Gasteiger partial charge is 0.307 e. The number of benzene rings is 1. The Balaban J connectivity index is 1.60. The maximum Gasteiger partial charge on any atom is 0.307 e. The lowest BCUT2D eigenvalue weighted by Crippen LogP contribution is -2.13. The molecule has 0 amide bonds. The predicted molar refractivity (Wildman–Crippen MR) is 97.4 cm³/mol. The quantitative estimate of drug-likeness (QED) is 0.576. The zero-order valence-electron chi connectivity index (χ0n) is 13.0. The van der Waals surface area contributed by atoms with Gasteiger partial charge >= 0.3 is 4.87 Å². The number of nitrogens with zero attached hydrogens (tertiary/aromatic N) is 1. The van der Waals surface area contributed by atoms with E-state index in [1.165, 1.54) is 0 Å². The summed E-state index contributed by atoms with van der Waals surface area (Å²) in [6.45, 7) is 0.0763. The highest BCUT2D eigenvalue weighted by Crippen LogP contribution is 2.21. The fraction of sp³-hybridized carbons (Fsp3) is 0.118. The average molecular weight is 376 g/mol. The highest BCUT2D eigenvalue weighted by atomic mass is 35.5. The monoisotopic (exact) mass is 375 g/mol. The van der Waals surface area contributed by atoms with Crippen LogP contribution in [0.4, 0.5) is 0 Å². The van der Waals surface area contributed by atoms with Crippen LogP contribution in [0.25, 0.3) is 0 Å². The van der Waals surface area contributed by atoms with E-state index < -0.39 is 0 Å². The molecule has 0 aliphatic carbocycles. The van der Waals surface area contributed by atoms with Crippen LogP contribution in [0.2, 0.25) is 5.02 Å². The number of aromatic nitrogens is 2. The molecule has 2 aromatic heterocycles. The van der Waals surface area contributed by atoms with Gasteiger partial charge in [0.05, 0.1) is 16.3 Å². The second-order valence-electron chi connectivity index (χ2n) is 5.23. The molecule has 0 atom stereocenters. The third-order valence-electron chi connectivity index (χ3n) is 3.40. The topological polar surface area (TPSA) is 99.1 Å². The third-order valence-corrected chi connectivity index (χ3v) is 4.51. The number of H-pyrrole nitrogens is 1. The Hall–Kier alpha value is -2.64. The first-order chi connectivity index (χ1) is 12.0. The van der Waals surface area contributed by atoms with E-state index >= 15 is 0 Å². The second-order valence-corrected chi connectivity index (χ2v) is 6.74. The summed E-state index contributed by atoms with van der Waals surface area (Å²) in [5, 5.41) is 18.1. The van der Waals surface area contributed by atoms with Crippen molar-refractivity contribution in [1.29, 1.82) is 5.41 Å². The highest BCUT2D eigenvalue weighted by molar-refractivity contribution is 7.09. The maximum absolute atomic E-state index is 11.2. The third kappa shape index (κ3) is 4.46. The SMILES string of the molecule is N=C(COc1ccc(Cc2sc(=O)[nH]c2O)cc1)c1cc(Cl)ccn1. The Morgan fingerprint density at radius 2 is 2.08 bits per heavy atom. The van der Waals surface area contributed by atoms with Crippen LogP contribution in [0.1, 0.15) is 16.1 Å². The number of aromatic amines is 1. The molecule has 8 heteroatoms. The van der Waals surface area contributed by atoms with Gasteiger partial charge in [-0.25, -0.2) is 0 Å². The van der Waals surface area contributed by atoms with E-state index in [-0.39, 0.29) is 23.1 Å². The van der Waals surface area contributed by atoms with Gasteiger partial charge in [0.1, 0.15) is 12.4 Å². The first-order valence-corrected chi connectivity index (χ1v) is 8.53. The minimum absolute atomic E-state index is 0.0763. The number of nitrogens with one attached hydrogen (secondary N) is 2. The van der Waals surface area contributed by atoms with E-state index in [0.717, 1.165) is 16.9 Å². The van der Waals surface area contributed by atoms with Gasteiger partial charge in [0.15, 0.2) is 0 Å². The van der Waals surface area contributed by atoms with Gasteiger partial charge in [0.2, 0.25) is 5.88 Å². The van der Waals surface area contributed by atoms with Crippen LogP contribution in [0, 0.1) is 5.41 Å². The van der Waals surface area contributed by atoms with Crippen molar-refractivity contribution in [3.8, 4) is 11.6 Å². The summed E-state index contributed by atoms with van der Waals surface area (Å²) in [5.74, 6) is 0.528. The largest absolute Gasteiger partial charge is 0.494 e. The molecule has 3 N–H and O–H groups in total. The van der Waals surface area contributed by atoms with Gasteiger partial charge in [-0.2, -0.15) is 0 Å². The minimum atomic E-state index is -0.277. The first kappa shape index (κ1) is 17.2. The van der Waals surface area contributed by atoms with Crippen LogP contribution in [-0.2, 0) is 6.42 Å². The Labute approximate surface area is 152 Å². The van der Waals surface area contributed by atoms with Crippen molar-refractivity contribution in [1.82, 2.24) is 9.97 Å². The number of hydrogen-bond acceptors (Lipinski definition) is 6. The minimum Gasteiger partial charge on any atom is -0.494 e.